The van der Waals surface area contributed by atoms with Crippen molar-refractivity contribution in [3.8, 4) is 5.88 Å². The molecule has 0 unspecified atom stereocenters. The van der Waals surface area contributed by atoms with Crippen LogP contribution in [-0.4, -0.2) is 14.7 Å². The fraction of sp³-hybridized carbons (Fsp3) is 0.545. The van der Waals surface area contributed by atoms with Crippen LogP contribution >= 0.6 is 0 Å². The molecule has 140 valence electrons. The van der Waals surface area contributed by atoms with E-state index in [1.54, 1.807) is 4.57 Å². The lowest BCUT2D eigenvalue weighted by Crippen LogP contribution is -2.26. The second-order valence-electron chi connectivity index (χ2n) is 8.53. The minimum atomic E-state index is -0.170. The SMILES string of the molecule is CC(C)(C)c1ccc(Cn2c(C3CCCCCC3)nc(O)cc2=O)cc1. The molecule has 1 heterocycles. The van der Waals surface area contributed by atoms with E-state index in [1.807, 2.05) is 0 Å². The average molecular weight is 354 g/mol. The van der Waals surface area contributed by atoms with Crippen LogP contribution in [0.1, 0.15) is 82.2 Å². The van der Waals surface area contributed by atoms with Gasteiger partial charge in [-0.1, -0.05) is 70.7 Å². The molecule has 26 heavy (non-hydrogen) atoms. The Morgan fingerprint density at radius 1 is 1.08 bits per heavy atom. The van der Waals surface area contributed by atoms with Gasteiger partial charge in [-0.3, -0.25) is 9.36 Å². The van der Waals surface area contributed by atoms with Crippen LogP contribution in [0.4, 0.5) is 0 Å². The van der Waals surface area contributed by atoms with Gasteiger partial charge < -0.3 is 5.11 Å². The third-order valence-electron chi connectivity index (χ3n) is 5.41. The fourth-order valence-electron chi connectivity index (χ4n) is 3.81. The molecule has 1 aromatic heterocycles. The zero-order valence-electron chi connectivity index (χ0n) is 16.2. The van der Waals surface area contributed by atoms with Crippen LogP contribution in [-0.2, 0) is 12.0 Å². The Bertz CT molecular complexity index is 792. The third kappa shape index (κ3) is 4.35. The van der Waals surface area contributed by atoms with Gasteiger partial charge in [-0.15, -0.1) is 0 Å². The van der Waals surface area contributed by atoms with Crippen LogP contribution in [0, 0.1) is 0 Å². The molecule has 0 atom stereocenters. The van der Waals surface area contributed by atoms with Gasteiger partial charge in [0.05, 0.1) is 12.6 Å². The summed E-state index contributed by atoms with van der Waals surface area (Å²) in [6, 6.07) is 9.69. The molecule has 3 rings (SSSR count). The summed E-state index contributed by atoms with van der Waals surface area (Å²) in [5.41, 5.74) is 2.31. The molecule has 1 aromatic carbocycles. The highest BCUT2D eigenvalue weighted by Gasteiger charge is 2.21. The lowest BCUT2D eigenvalue weighted by molar-refractivity contribution is 0.428. The first-order valence-corrected chi connectivity index (χ1v) is 9.75. The molecule has 1 aliphatic rings. The highest BCUT2D eigenvalue weighted by atomic mass is 16.3. The van der Waals surface area contributed by atoms with Crippen LogP contribution in [0.15, 0.2) is 35.1 Å². The lowest BCUT2D eigenvalue weighted by Gasteiger charge is -2.21. The number of hydrogen-bond acceptors (Lipinski definition) is 3. The van der Waals surface area contributed by atoms with Crippen LogP contribution < -0.4 is 5.56 Å². The molecule has 1 N–H and O–H groups in total. The number of hydrogen-bond donors (Lipinski definition) is 1. The van der Waals surface area contributed by atoms with Crippen molar-refractivity contribution in [3.05, 3.63) is 57.6 Å². The Morgan fingerprint density at radius 2 is 1.69 bits per heavy atom. The van der Waals surface area contributed by atoms with Crippen molar-refractivity contribution in [1.29, 1.82) is 0 Å². The molecule has 0 saturated heterocycles. The van der Waals surface area contributed by atoms with Crippen LogP contribution in [0.3, 0.4) is 0 Å². The first-order chi connectivity index (χ1) is 12.3. The van der Waals surface area contributed by atoms with Crippen molar-refractivity contribution in [2.75, 3.05) is 0 Å². The largest absolute Gasteiger partial charge is 0.493 e. The quantitative estimate of drug-likeness (QED) is 0.811. The summed E-state index contributed by atoms with van der Waals surface area (Å²) >= 11 is 0. The predicted molar refractivity (Wildman–Crippen MR) is 105 cm³/mol. The molecule has 0 radical (unpaired) electrons. The molecular weight excluding hydrogens is 324 g/mol. The molecule has 1 saturated carbocycles. The average Bonchev–Trinajstić information content (AvgIpc) is 2.86. The molecule has 4 nitrogen and oxygen atoms in total. The van der Waals surface area contributed by atoms with Gasteiger partial charge in [0.25, 0.3) is 5.56 Å². The standard InChI is InChI=1S/C22H30N2O2/c1-22(2,3)18-12-10-16(11-13-18)15-24-20(26)14-19(25)23-21(24)17-8-6-4-5-7-9-17/h10-14,17,25H,4-9,15H2,1-3H3. The number of nitrogens with zero attached hydrogens (tertiary/aromatic N) is 2. The second kappa shape index (κ2) is 7.65. The van der Waals surface area contributed by atoms with E-state index in [4.69, 9.17) is 0 Å². The molecule has 1 aliphatic carbocycles. The molecule has 1 fully saturated rings. The van der Waals surface area contributed by atoms with Gasteiger partial charge in [0.2, 0.25) is 5.88 Å². The summed E-state index contributed by atoms with van der Waals surface area (Å²) in [6.45, 7) is 7.09. The number of rotatable bonds is 3. The zero-order chi connectivity index (χ0) is 18.7. The van der Waals surface area contributed by atoms with E-state index in [0.717, 1.165) is 37.1 Å². The number of aromatic nitrogens is 2. The highest BCUT2D eigenvalue weighted by Crippen LogP contribution is 2.31. The lowest BCUT2D eigenvalue weighted by atomic mass is 9.87. The van der Waals surface area contributed by atoms with E-state index in [0.29, 0.717) is 6.54 Å². The Labute approximate surface area is 155 Å². The van der Waals surface area contributed by atoms with Crippen molar-refractivity contribution >= 4 is 0 Å². The van der Waals surface area contributed by atoms with E-state index in [2.05, 4.69) is 50.0 Å². The van der Waals surface area contributed by atoms with Gasteiger partial charge in [0.15, 0.2) is 0 Å². The van der Waals surface area contributed by atoms with E-state index in [1.165, 1.54) is 24.5 Å². The highest BCUT2D eigenvalue weighted by molar-refractivity contribution is 5.28. The van der Waals surface area contributed by atoms with Gasteiger partial charge in [0, 0.05) is 5.92 Å². The minimum absolute atomic E-state index is 0.112. The molecule has 4 heteroatoms. The summed E-state index contributed by atoms with van der Waals surface area (Å²) in [5, 5.41) is 9.89. The Morgan fingerprint density at radius 3 is 2.27 bits per heavy atom. The molecule has 0 spiro atoms. The summed E-state index contributed by atoms with van der Waals surface area (Å²) in [7, 11) is 0. The predicted octanol–water partition coefficient (Wildman–Crippen LogP) is 4.73. The van der Waals surface area contributed by atoms with Gasteiger partial charge in [0.1, 0.15) is 5.82 Å². The van der Waals surface area contributed by atoms with Crippen molar-refractivity contribution in [3.63, 3.8) is 0 Å². The second-order valence-corrected chi connectivity index (χ2v) is 8.53. The van der Waals surface area contributed by atoms with Crippen LogP contribution in [0.2, 0.25) is 0 Å². The summed E-state index contributed by atoms with van der Waals surface area (Å²) in [6.07, 6.45) is 6.90. The first-order valence-electron chi connectivity index (χ1n) is 9.75. The maximum absolute atomic E-state index is 12.6. The Balaban J connectivity index is 1.92. The van der Waals surface area contributed by atoms with E-state index in [9.17, 15) is 9.90 Å². The van der Waals surface area contributed by atoms with Gasteiger partial charge in [-0.25, -0.2) is 0 Å². The molecule has 2 aromatic rings. The van der Waals surface area contributed by atoms with Gasteiger partial charge in [-0.05, 0) is 29.4 Å². The smallest absolute Gasteiger partial charge is 0.257 e. The summed E-state index contributed by atoms with van der Waals surface area (Å²) < 4.78 is 1.75. The Kier molecular flexibility index (Phi) is 5.49. The molecular formula is C22H30N2O2. The first kappa shape index (κ1) is 18.7. The van der Waals surface area contributed by atoms with Crippen molar-refractivity contribution in [1.82, 2.24) is 9.55 Å². The molecule has 0 bridgehead atoms. The third-order valence-corrected chi connectivity index (χ3v) is 5.41. The van der Waals surface area contributed by atoms with E-state index >= 15 is 0 Å². The zero-order valence-corrected chi connectivity index (χ0v) is 16.2. The number of benzene rings is 1. The monoisotopic (exact) mass is 354 g/mol. The van der Waals surface area contributed by atoms with E-state index < -0.39 is 0 Å². The Hall–Kier alpha value is -2.10. The van der Waals surface area contributed by atoms with Gasteiger partial charge in [-0.2, -0.15) is 4.98 Å². The maximum atomic E-state index is 12.6. The van der Waals surface area contributed by atoms with Crippen molar-refractivity contribution in [2.45, 2.75) is 77.2 Å². The normalized spacial score (nSPS) is 16.4. The van der Waals surface area contributed by atoms with Crippen molar-refractivity contribution < 1.29 is 5.11 Å². The fourth-order valence-corrected chi connectivity index (χ4v) is 3.81. The number of aromatic hydroxyl groups is 1. The summed E-state index contributed by atoms with van der Waals surface area (Å²) in [4.78, 5) is 17.0. The minimum Gasteiger partial charge on any atom is -0.493 e. The van der Waals surface area contributed by atoms with Gasteiger partial charge >= 0.3 is 0 Å². The van der Waals surface area contributed by atoms with Crippen LogP contribution in [0.25, 0.3) is 0 Å². The van der Waals surface area contributed by atoms with E-state index in [-0.39, 0.29) is 22.8 Å². The summed E-state index contributed by atoms with van der Waals surface area (Å²) in [5.74, 6) is 0.844. The van der Waals surface area contributed by atoms with Crippen molar-refractivity contribution in [2.24, 2.45) is 0 Å². The molecule has 0 amide bonds. The van der Waals surface area contributed by atoms with Crippen LogP contribution in [0.5, 0.6) is 5.88 Å². The maximum Gasteiger partial charge on any atom is 0.257 e. The molecule has 0 aliphatic heterocycles. The topological polar surface area (TPSA) is 55.1 Å².